The van der Waals surface area contributed by atoms with E-state index in [1.807, 2.05) is 12.1 Å². The fourth-order valence-corrected chi connectivity index (χ4v) is 1.42. The molecule has 1 aromatic heterocycles. The third-order valence-electron chi connectivity index (χ3n) is 0.904. The lowest BCUT2D eigenvalue weighted by atomic mass is 10.4. The summed E-state index contributed by atoms with van der Waals surface area (Å²) in [5.74, 6) is 0.506. The number of hydrogen-bond acceptors (Lipinski definition) is 2. The van der Waals surface area contributed by atoms with E-state index in [1.54, 1.807) is 6.07 Å². The predicted octanol–water partition coefficient (Wildman–Crippen LogP) is 2.36. The van der Waals surface area contributed by atoms with Gasteiger partial charge in [-0.25, -0.2) is 0 Å². The van der Waals surface area contributed by atoms with Crippen molar-refractivity contribution in [3.8, 4) is 6.07 Å². The van der Waals surface area contributed by atoms with Crippen LogP contribution >= 0.6 is 22.9 Å². The standard InChI is InChI=1S/C6H4ClNS/c7-3-5-1-2-6(4-8)9-5/h1-2H,3H2. The van der Waals surface area contributed by atoms with Gasteiger partial charge < -0.3 is 0 Å². The predicted molar refractivity (Wildman–Crippen MR) is 38.6 cm³/mol. The van der Waals surface area contributed by atoms with Crippen LogP contribution in [0.1, 0.15) is 9.75 Å². The summed E-state index contributed by atoms with van der Waals surface area (Å²) in [6, 6.07) is 5.69. The third-order valence-corrected chi connectivity index (χ3v) is 2.34. The Kier molecular flexibility index (Phi) is 2.10. The Morgan fingerprint density at radius 3 is 2.78 bits per heavy atom. The maximum atomic E-state index is 8.36. The van der Waals surface area contributed by atoms with Gasteiger partial charge in [-0.1, -0.05) is 0 Å². The van der Waals surface area contributed by atoms with Crippen molar-refractivity contribution >= 4 is 22.9 Å². The largest absolute Gasteiger partial charge is 0.192 e. The van der Waals surface area contributed by atoms with E-state index >= 15 is 0 Å². The topological polar surface area (TPSA) is 23.8 Å². The molecule has 0 aliphatic heterocycles. The van der Waals surface area contributed by atoms with E-state index in [9.17, 15) is 0 Å². The van der Waals surface area contributed by atoms with E-state index in [0.29, 0.717) is 5.88 Å². The maximum absolute atomic E-state index is 8.36. The Bertz CT molecular complexity index is 235. The van der Waals surface area contributed by atoms with Gasteiger partial charge in [0.25, 0.3) is 0 Å². The average Bonchev–Trinajstić information content (AvgIpc) is 2.34. The van der Waals surface area contributed by atoms with Crippen LogP contribution in [0.5, 0.6) is 0 Å². The molecule has 1 nitrogen and oxygen atoms in total. The molecule has 46 valence electrons. The summed E-state index contributed by atoms with van der Waals surface area (Å²) >= 11 is 6.94. The number of nitrogens with zero attached hydrogens (tertiary/aromatic N) is 1. The van der Waals surface area contributed by atoms with Gasteiger partial charge in [0.2, 0.25) is 0 Å². The summed E-state index contributed by atoms with van der Waals surface area (Å²) in [4.78, 5) is 1.78. The van der Waals surface area contributed by atoms with Crippen molar-refractivity contribution in [1.29, 1.82) is 5.26 Å². The van der Waals surface area contributed by atoms with Crippen molar-refractivity contribution in [2.45, 2.75) is 5.88 Å². The molecule has 0 aliphatic rings. The molecule has 9 heavy (non-hydrogen) atoms. The zero-order chi connectivity index (χ0) is 6.69. The first-order valence-electron chi connectivity index (χ1n) is 2.41. The van der Waals surface area contributed by atoms with Crippen molar-refractivity contribution in [3.63, 3.8) is 0 Å². The minimum absolute atomic E-state index is 0.506. The highest BCUT2D eigenvalue weighted by Crippen LogP contribution is 2.16. The van der Waals surface area contributed by atoms with Crippen molar-refractivity contribution in [1.82, 2.24) is 0 Å². The molecule has 0 fully saturated rings. The van der Waals surface area contributed by atoms with Gasteiger partial charge in [-0.05, 0) is 12.1 Å². The highest BCUT2D eigenvalue weighted by atomic mass is 35.5. The number of nitriles is 1. The molecule has 0 aromatic carbocycles. The molecule has 0 amide bonds. The second-order valence-corrected chi connectivity index (χ2v) is 2.95. The summed E-state index contributed by atoms with van der Waals surface area (Å²) in [5.41, 5.74) is 0. The third kappa shape index (κ3) is 1.44. The van der Waals surface area contributed by atoms with Crippen LogP contribution in [0.4, 0.5) is 0 Å². The van der Waals surface area contributed by atoms with E-state index in [4.69, 9.17) is 16.9 Å². The summed E-state index contributed by atoms with van der Waals surface area (Å²) in [7, 11) is 0. The minimum atomic E-state index is 0.506. The molecule has 0 N–H and O–H groups in total. The SMILES string of the molecule is N#Cc1ccc(CCl)s1. The Morgan fingerprint density at radius 2 is 2.44 bits per heavy atom. The molecule has 0 radical (unpaired) electrons. The van der Waals surface area contributed by atoms with Gasteiger partial charge >= 0.3 is 0 Å². The van der Waals surface area contributed by atoms with Gasteiger partial charge in [0.1, 0.15) is 10.9 Å². The zero-order valence-electron chi connectivity index (χ0n) is 4.60. The first-order chi connectivity index (χ1) is 4.36. The highest BCUT2D eigenvalue weighted by molar-refractivity contribution is 7.12. The Morgan fingerprint density at radius 1 is 1.67 bits per heavy atom. The Hall–Kier alpha value is -0.520. The van der Waals surface area contributed by atoms with Gasteiger partial charge in [-0.15, -0.1) is 22.9 Å². The second-order valence-electron chi connectivity index (χ2n) is 1.51. The van der Waals surface area contributed by atoms with Gasteiger partial charge in [0, 0.05) is 4.88 Å². The fraction of sp³-hybridized carbons (Fsp3) is 0.167. The van der Waals surface area contributed by atoms with Gasteiger partial charge in [0.15, 0.2) is 0 Å². The summed E-state index contributed by atoms with van der Waals surface area (Å²) in [6.45, 7) is 0. The maximum Gasteiger partial charge on any atom is 0.110 e. The van der Waals surface area contributed by atoms with Crippen LogP contribution in [0.25, 0.3) is 0 Å². The van der Waals surface area contributed by atoms with Crippen molar-refractivity contribution in [3.05, 3.63) is 21.9 Å². The van der Waals surface area contributed by atoms with Crippen LogP contribution < -0.4 is 0 Å². The summed E-state index contributed by atoms with van der Waals surface area (Å²) in [5, 5.41) is 8.36. The minimum Gasteiger partial charge on any atom is -0.192 e. The molecule has 0 spiro atoms. The first-order valence-corrected chi connectivity index (χ1v) is 3.76. The molecular formula is C6H4ClNS. The summed E-state index contributed by atoms with van der Waals surface area (Å²) in [6.07, 6.45) is 0. The van der Waals surface area contributed by atoms with Gasteiger partial charge in [-0.2, -0.15) is 5.26 Å². The van der Waals surface area contributed by atoms with Crippen LogP contribution in [-0.2, 0) is 5.88 Å². The van der Waals surface area contributed by atoms with E-state index in [-0.39, 0.29) is 0 Å². The van der Waals surface area contributed by atoms with E-state index < -0.39 is 0 Å². The van der Waals surface area contributed by atoms with Crippen LogP contribution in [0.2, 0.25) is 0 Å². The number of alkyl halides is 1. The van der Waals surface area contributed by atoms with Crippen molar-refractivity contribution in [2.75, 3.05) is 0 Å². The highest BCUT2D eigenvalue weighted by Gasteiger charge is 1.94. The zero-order valence-corrected chi connectivity index (χ0v) is 6.17. The smallest absolute Gasteiger partial charge is 0.110 e. The summed E-state index contributed by atoms with van der Waals surface area (Å²) < 4.78 is 0. The Labute approximate surface area is 62.5 Å². The molecule has 1 heterocycles. The normalized spacial score (nSPS) is 8.89. The van der Waals surface area contributed by atoms with Crippen LogP contribution in [0, 0.1) is 11.3 Å². The monoisotopic (exact) mass is 157 g/mol. The van der Waals surface area contributed by atoms with E-state index in [0.717, 1.165) is 9.75 Å². The average molecular weight is 158 g/mol. The lowest BCUT2D eigenvalue weighted by Gasteiger charge is -1.77. The number of rotatable bonds is 1. The lowest BCUT2D eigenvalue weighted by molar-refractivity contribution is 1.52. The molecular weight excluding hydrogens is 154 g/mol. The molecule has 0 unspecified atom stereocenters. The van der Waals surface area contributed by atoms with Crippen LogP contribution in [0.15, 0.2) is 12.1 Å². The van der Waals surface area contributed by atoms with Crippen LogP contribution in [-0.4, -0.2) is 0 Å². The van der Waals surface area contributed by atoms with E-state index in [1.165, 1.54) is 11.3 Å². The molecule has 1 aromatic rings. The lowest BCUT2D eigenvalue weighted by Crippen LogP contribution is -1.59. The van der Waals surface area contributed by atoms with Crippen LogP contribution in [0.3, 0.4) is 0 Å². The Balaban J connectivity index is 2.90. The number of thiophene rings is 1. The molecule has 0 bridgehead atoms. The molecule has 3 heteroatoms. The number of hydrogen-bond donors (Lipinski definition) is 0. The second kappa shape index (κ2) is 2.86. The number of halogens is 1. The fourth-order valence-electron chi connectivity index (χ4n) is 0.510. The van der Waals surface area contributed by atoms with Gasteiger partial charge in [0.05, 0.1) is 5.88 Å². The van der Waals surface area contributed by atoms with E-state index in [2.05, 4.69) is 0 Å². The van der Waals surface area contributed by atoms with Crippen molar-refractivity contribution in [2.24, 2.45) is 0 Å². The molecule has 0 aliphatic carbocycles. The molecule has 0 saturated carbocycles. The first kappa shape index (κ1) is 6.60. The van der Waals surface area contributed by atoms with Crippen molar-refractivity contribution < 1.29 is 0 Å². The molecule has 1 rings (SSSR count). The molecule has 0 atom stereocenters. The molecule has 0 saturated heterocycles. The quantitative estimate of drug-likeness (QED) is 0.575. The van der Waals surface area contributed by atoms with Gasteiger partial charge in [-0.3, -0.25) is 0 Å².